The number of nitrogens with zero attached hydrogens (tertiary/aromatic N) is 2. The fourth-order valence-corrected chi connectivity index (χ4v) is 3.66. The smallest absolute Gasteiger partial charge is 0.364 e. The van der Waals surface area contributed by atoms with Crippen molar-refractivity contribution in [2.75, 3.05) is 20.8 Å². The maximum absolute atomic E-state index is 12.8. The van der Waals surface area contributed by atoms with Crippen molar-refractivity contribution < 1.29 is 32.9 Å². The Labute approximate surface area is 200 Å². The number of cyclic esters (lactones) is 1. The third kappa shape index (κ3) is 4.09. The zero-order valence-corrected chi connectivity index (χ0v) is 18.7. The number of carbonyl (C=O) groups excluding carboxylic acids is 1. The first-order valence-corrected chi connectivity index (χ1v) is 10.5. The quantitative estimate of drug-likeness (QED) is 0.386. The van der Waals surface area contributed by atoms with Gasteiger partial charge in [0.05, 0.1) is 20.5 Å². The number of methoxy groups -OCH3 is 2. The number of ether oxygens (including phenoxy) is 5. The van der Waals surface area contributed by atoms with Crippen LogP contribution in [-0.4, -0.2) is 32.7 Å². The molecule has 0 fully saturated rings. The van der Waals surface area contributed by atoms with E-state index in [2.05, 4.69) is 4.99 Å². The molecule has 0 saturated carbocycles. The van der Waals surface area contributed by atoms with Crippen molar-refractivity contribution in [1.29, 1.82) is 5.26 Å². The molecule has 5 rings (SSSR count). The average Bonchev–Trinajstić information content (AvgIpc) is 3.56. The molecule has 0 saturated heterocycles. The van der Waals surface area contributed by atoms with Crippen LogP contribution in [0, 0.1) is 11.3 Å². The second-order valence-corrected chi connectivity index (χ2v) is 7.33. The summed E-state index contributed by atoms with van der Waals surface area (Å²) in [4.78, 5) is 17.2. The Balaban J connectivity index is 1.64. The van der Waals surface area contributed by atoms with Crippen molar-refractivity contribution in [1.82, 2.24) is 0 Å². The summed E-state index contributed by atoms with van der Waals surface area (Å²) in [6.45, 7) is -0.113. The molecule has 2 aliphatic heterocycles. The van der Waals surface area contributed by atoms with Gasteiger partial charge in [0.2, 0.25) is 0 Å². The summed E-state index contributed by atoms with van der Waals surface area (Å²) in [5.74, 6) is 2.19. The third-order valence-corrected chi connectivity index (χ3v) is 5.30. The molecule has 3 heterocycles. The van der Waals surface area contributed by atoms with Gasteiger partial charge in [0.1, 0.15) is 23.3 Å². The zero-order valence-electron chi connectivity index (χ0n) is 18.7. The number of hydrogen-bond acceptors (Lipinski definition) is 9. The van der Waals surface area contributed by atoms with Gasteiger partial charge in [-0.25, -0.2) is 9.79 Å². The molecule has 0 spiro atoms. The Morgan fingerprint density at radius 3 is 2.66 bits per heavy atom. The SMILES string of the molecule is COc1ccc2c(c1)C(=C1N=C(c3ccco3)OC1=O)C=C(c1ccc(OCC#N)c(OC)c1)O2. The molecule has 0 radical (unpaired) electrons. The monoisotopic (exact) mass is 470 g/mol. The molecule has 35 heavy (non-hydrogen) atoms. The number of carbonyl (C=O) groups is 1. The normalized spacial score (nSPS) is 16.3. The molecule has 0 bridgehead atoms. The fourth-order valence-electron chi connectivity index (χ4n) is 3.66. The lowest BCUT2D eigenvalue weighted by Gasteiger charge is -2.22. The molecule has 2 aliphatic rings. The Bertz CT molecular complexity index is 1440. The second kappa shape index (κ2) is 9.11. The number of rotatable bonds is 6. The van der Waals surface area contributed by atoms with E-state index < -0.39 is 5.97 Å². The highest BCUT2D eigenvalue weighted by Gasteiger charge is 2.32. The molecule has 0 amide bonds. The summed E-state index contributed by atoms with van der Waals surface area (Å²) in [6, 6.07) is 15.7. The Hall–Kier alpha value is -4.97. The first kappa shape index (κ1) is 21.9. The lowest BCUT2D eigenvalue weighted by molar-refractivity contribution is -0.130. The van der Waals surface area contributed by atoms with Gasteiger partial charge in [-0.15, -0.1) is 0 Å². The lowest BCUT2D eigenvalue weighted by Crippen LogP contribution is -2.09. The largest absolute Gasteiger partial charge is 0.497 e. The number of aliphatic imine (C=N–C) groups is 1. The van der Waals surface area contributed by atoms with Crippen LogP contribution in [0.4, 0.5) is 0 Å². The first-order chi connectivity index (χ1) is 17.1. The maximum atomic E-state index is 12.8. The van der Waals surface area contributed by atoms with E-state index in [1.165, 1.54) is 13.4 Å². The molecule has 0 aliphatic carbocycles. The van der Waals surface area contributed by atoms with Crippen LogP contribution in [0.25, 0.3) is 11.3 Å². The van der Waals surface area contributed by atoms with Crippen molar-refractivity contribution in [3.63, 3.8) is 0 Å². The standard InChI is InChI=1S/C26H18N2O7/c1-30-16-6-8-19-17(13-16)18(24-26(29)35-25(28-24)21-4-3-10-32-21)14-22(34-19)15-5-7-20(33-11-9-27)23(12-15)31-2/h3-8,10,12-14H,11H2,1-2H3. The molecule has 0 atom stereocenters. The van der Waals surface area contributed by atoms with Crippen LogP contribution in [0.1, 0.15) is 16.9 Å². The summed E-state index contributed by atoms with van der Waals surface area (Å²) in [7, 11) is 3.06. The molecule has 9 heteroatoms. The highest BCUT2D eigenvalue weighted by Crippen LogP contribution is 2.42. The van der Waals surface area contributed by atoms with E-state index in [1.54, 1.807) is 61.7 Å². The second-order valence-electron chi connectivity index (χ2n) is 7.33. The van der Waals surface area contributed by atoms with Crippen LogP contribution in [0.3, 0.4) is 0 Å². The number of furan rings is 1. The van der Waals surface area contributed by atoms with Crippen LogP contribution in [-0.2, 0) is 9.53 Å². The van der Waals surface area contributed by atoms with Gasteiger partial charge >= 0.3 is 5.97 Å². The summed E-state index contributed by atoms with van der Waals surface area (Å²) in [5, 5.41) is 8.80. The number of fused-ring (bicyclic) bond motifs is 1. The van der Waals surface area contributed by atoms with Crippen LogP contribution >= 0.6 is 0 Å². The van der Waals surface area contributed by atoms with Crippen molar-refractivity contribution in [2.45, 2.75) is 0 Å². The molecule has 3 aromatic rings. The summed E-state index contributed by atoms with van der Waals surface area (Å²) < 4.78 is 33.1. The molecule has 174 valence electrons. The Morgan fingerprint density at radius 1 is 1.03 bits per heavy atom. The highest BCUT2D eigenvalue weighted by atomic mass is 16.6. The maximum Gasteiger partial charge on any atom is 0.364 e. The topological polar surface area (TPSA) is 113 Å². The molecule has 9 nitrogen and oxygen atoms in total. The predicted molar refractivity (Wildman–Crippen MR) is 124 cm³/mol. The molecule has 0 N–H and O–H groups in total. The van der Waals surface area contributed by atoms with Gasteiger partial charge in [-0.05, 0) is 54.6 Å². The van der Waals surface area contributed by atoms with Crippen LogP contribution in [0.15, 0.2) is 76.0 Å². The van der Waals surface area contributed by atoms with Crippen molar-refractivity contribution in [2.24, 2.45) is 4.99 Å². The zero-order chi connectivity index (χ0) is 24.4. The number of esters is 1. The van der Waals surface area contributed by atoms with Gasteiger partial charge in [0, 0.05) is 16.7 Å². The van der Waals surface area contributed by atoms with Gasteiger partial charge in [0.15, 0.2) is 29.6 Å². The minimum absolute atomic E-state index is 0.0778. The minimum Gasteiger partial charge on any atom is -0.497 e. The van der Waals surface area contributed by atoms with Crippen LogP contribution in [0.2, 0.25) is 0 Å². The number of allylic oxidation sites excluding steroid dienone is 2. The Kier molecular flexibility index (Phi) is 5.69. The number of nitriles is 1. The number of hydrogen-bond donors (Lipinski definition) is 0. The summed E-state index contributed by atoms with van der Waals surface area (Å²) in [6.07, 6.45) is 3.18. The van der Waals surface area contributed by atoms with Crippen LogP contribution in [0.5, 0.6) is 23.0 Å². The highest BCUT2D eigenvalue weighted by molar-refractivity contribution is 6.15. The van der Waals surface area contributed by atoms with E-state index in [9.17, 15) is 4.79 Å². The van der Waals surface area contributed by atoms with E-state index in [1.807, 2.05) is 6.07 Å². The van der Waals surface area contributed by atoms with E-state index >= 15 is 0 Å². The predicted octanol–water partition coefficient (Wildman–Crippen LogP) is 4.35. The van der Waals surface area contributed by atoms with Gasteiger partial charge in [0.25, 0.3) is 5.90 Å². The van der Waals surface area contributed by atoms with Crippen molar-refractivity contribution >= 4 is 23.2 Å². The van der Waals surface area contributed by atoms with E-state index in [0.717, 1.165) is 0 Å². The molecule has 0 unspecified atom stereocenters. The summed E-state index contributed by atoms with van der Waals surface area (Å²) >= 11 is 0. The Morgan fingerprint density at radius 2 is 1.91 bits per heavy atom. The van der Waals surface area contributed by atoms with E-state index in [0.29, 0.717) is 51.2 Å². The fraction of sp³-hybridized carbons (Fsp3) is 0.115. The van der Waals surface area contributed by atoms with Gasteiger partial charge in [-0.2, -0.15) is 5.26 Å². The molecule has 1 aromatic heterocycles. The first-order valence-electron chi connectivity index (χ1n) is 10.5. The average molecular weight is 470 g/mol. The van der Waals surface area contributed by atoms with Crippen molar-refractivity contribution in [3.05, 3.63) is 83.5 Å². The molecular weight excluding hydrogens is 452 g/mol. The van der Waals surface area contributed by atoms with Gasteiger partial charge in [-0.1, -0.05) is 0 Å². The lowest BCUT2D eigenvalue weighted by atomic mass is 9.97. The number of benzene rings is 2. The minimum atomic E-state index is -0.615. The van der Waals surface area contributed by atoms with Crippen LogP contribution < -0.4 is 18.9 Å². The molecular formula is C26H18N2O7. The molecule has 2 aromatic carbocycles. The van der Waals surface area contributed by atoms with E-state index in [-0.39, 0.29) is 18.2 Å². The third-order valence-electron chi connectivity index (χ3n) is 5.30. The van der Waals surface area contributed by atoms with Gasteiger partial charge in [-0.3, -0.25) is 0 Å². The summed E-state index contributed by atoms with van der Waals surface area (Å²) in [5.41, 5.74) is 1.88. The van der Waals surface area contributed by atoms with Gasteiger partial charge < -0.3 is 28.1 Å². The van der Waals surface area contributed by atoms with E-state index in [4.69, 9.17) is 33.4 Å². The van der Waals surface area contributed by atoms with Crippen molar-refractivity contribution in [3.8, 4) is 29.1 Å².